The van der Waals surface area contributed by atoms with Crippen molar-refractivity contribution in [2.45, 2.75) is 51.1 Å². The van der Waals surface area contributed by atoms with Crippen LogP contribution >= 0.6 is 0 Å². The van der Waals surface area contributed by atoms with Crippen molar-refractivity contribution in [1.29, 1.82) is 0 Å². The van der Waals surface area contributed by atoms with Gasteiger partial charge in [0.2, 0.25) is 15.9 Å². The van der Waals surface area contributed by atoms with Gasteiger partial charge in [-0.15, -0.1) is 0 Å². The number of rotatable bonds is 7. The molecule has 0 saturated carbocycles. The molecule has 0 radical (unpaired) electrons. The molecule has 1 aromatic rings. The van der Waals surface area contributed by atoms with Gasteiger partial charge >= 0.3 is 0 Å². The van der Waals surface area contributed by atoms with E-state index >= 15 is 0 Å². The zero-order chi connectivity index (χ0) is 19.5. The molecule has 1 aliphatic rings. The number of hydrogen-bond donors (Lipinski definition) is 3. The number of carbonyl (C=O) groups excluding carboxylic acids is 1. The fourth-order valence-electron chi connectivity index (χ4n) is 2.97. The van der Waals surface area contributed by atoms with Gasteiger partial charge in [-0.25, -0.2) is 8.42 Å². The van der Waals surface area contributed by atoms with Crippen molar-refractivity contribution in [2.24, 2.45) is 0 Å². The quantitative estimate of drug-likeness (QED) is 0.647. The Morgan fingerprint density at radius 3 is 2.23 bits per heavy atom. The average molecular weight is 385 g/mol. The Kier molecular flexibility index (Phi) is 6.62. The van der Waals surface area contributed by atoms with E-state index in [1.165, 1.54) is 7.05 Å². The van der Waals surface area contributed by atoms with Crippen LogP contribution in [0.2, 0.25) is 0 Å². The van der Waals surface area contributed by atoms with Crippen LogP contribution in [0.4, 0.5) is 5.69 Å². The average Bonchev–Trinajstić information content (AvgIpc) is 2.88. The molecule has 2 unspecified atom stereocenters. The maximum atomic E-state index is 12.7. The van der Waals surface area contributed by atoms with E-state index in [4.69, 9.17) is 4.74 Å². The van der Waals surface area contributed by atoms with Crippen molar-refractivity contribution in [3.8, 4) is 5.75 Å². The van der Waals surface area contributed by atoms with Gasteiger partial charge in [0, 0.05) is 24.8 Å². The van der Waals surface area contributed by atoms with E-state index in [2.05, 4.69) is 16.2 Å². The molecule has 1 aliphatic heterocycles. The third-order valence-corrected chi connectivity index (χ3v) is 6.68. The summed E-state index contributed by atoms with van der Waals surface area (Å²) in [6.07, 6.45) is 0.0682. The van der Waals surface area contributed by atoms with Gasteiger partial charge in [0.05, 0.1) is 12.6 Å². The summed E-state index contributed by atoms with van der Waals surface area (Å²) in [5, 5.41) is 2.07. The SMILES string of the molecule is CC(C)Oc1ccc(NC(=O)CN(C)S(=O)(=O)C2C(C)NNC2C)cc1. The Morgan fingerprint density at radius 1 is 1.19 bits per heavy atom. The standard InChI is InChI=1S/C17H28N4O4S/c1-11(2)25-15-8-6-14(7-9-15)18-16(22)10-21(5)26(23,24)17-12(3)19-20-13(17)4/h6-9,11-13,17,19-20H,10H2,1-5H3,(H,18,22). The van der Waals surface area contributed by atoms with E-state index in [9.17, 15) is 13.2 Å². The second-order valence-corrected chi connectivity index (χ2v) is 9.07. The number of nitrogens with zero attached hydrogens (tertiary/aromatic N) is 1. The van der Waals surface area contributed by atoms with Gasteiger partial charge in [0.15, 0.2) is 0 Å². The molecule has 2 atom stereocenters. The lowest BCUT2D eigenvalue weighted by molar-refractivity contribution is -0.116. The van der Waals surface area contributed by atoms with E-state index in [-0.39, 0.29) is 24.7 Å². The maximum Gasteiger partial charge on any atom is 0.239 e. The lowest BCUT2D eigenvalue weighted by atomic mass is 10.2. The van der Waals surface area contributed by atoms with Gasteiger partial charge < -0.3 is 10.1 Å². The highest BCUT2D eigenvalue weighted by Crippen LogP contribution is 2.19. The fourth-order valence-corrected chi connectivity index (χ4v) is 4.85. The van der Waals surface area contributed by atoms with Crippen LogP contribution in [-0.4, -0.2) is 55.7 Å². The second kappa shape index (κ2) is 8.34. The highest BCUT2D eigenvalue weighted by molar-refractivity contribution is 7.89. The van der Waals surface area contributed by atoms with E-state index in [0.29, 0.717) is 11.4 Å². The number of carbonyl (C=O) groups is 1. The summed E-state index contributed by atoms with van der Waals surface area (Å²) >= 11 is 0. The number of benzene rings is 1. The van der Waals surface area contributed by atoms with E-state index in [0.717, 1.165) is 4.31 Å². The van der Waals surface area contributed by atoms with Gasteiger partial charge in [-0.3, -0.25) is 15.6 Å². The van der Waals surface area contributed by atoms with Crippen LogP contribution in [0.5, 0.6) is 5.75 Å². The number of hydrogen-bond acceptors (Lipinski definition) is 6. The molecule has 1 aromatic carbocycles. The fraction of sp³-hybridized carbons (Fsp3) is 0.588. The molecule has 1 fully saturated rings. The molecule has 2 rings (SSSR count). The summed E-state index contributed by atoms with van der Waals surface area (Å²) in [5.41, 5.74) is 6.43. The molecule has 0 spiro atoms. The predicted molar refractivity (Wildman–Crippen MR) is 101 cm³/mol. The molecule has 0 bridgehead atoms. The number of nitrogens with one attached hydrogen (secondary N) is 3. The summed E-state index contributed by atoms with van der Waals surface area (Å²) in [6, 6.07) is 6.48. The Bertz CT molecular complexity index is 711. The molecule has 8 nitrogen and oxygen atoms in total. The van der Waals surface area contributed by atoms with Gasteiger partial charge in [0.25, 0.3) is 0 Å². The Balaban J connectivity index is 1.96. The zero-order valence-corrected chi connectivity index (χ0v) is 16.6. The first-order valence-corrected chi connectivity index (χ1v) is 10.1. The van der Waals surface area contributed by atoms with Crippen molar-refractivity contribution in [3.05, 3.63) is 24.3 Å². The molecule has 146 valence electrons. The summed E-state index contributed by atoms with van der Waals surface area (Å²) in [5.74, 6) is 0.315. The largest absolute Gasteiger partial charge is 0.491 e. The Morgan fingerprint density at radius 2 is 1.73 bits per heavy atom. The molecular weight excluding hydrogens is 356 g/mol. The first kappa shape index (κ1) is 20.6. The molecule has 1 heterocycles. The lowest BCUT2D eigenvalue weighted by Crippen LogP contribution is -2.47. The minimum absolute atomic E-state index is 0.0682. The van der Waals surface area contributed by atoms with Crippen LogP contribution in [0, 0.1) is 0 Å². The predicted octanol–water partition coefficient (Wildman–Crippen LogP) is 0.927. The summed E-state index contributed by atoms with van der Waals surface area (Å²) in [6.45, 7) is 7.22. The molecule has 9 heteroatoms. The molecular formula is C17H28N4O4S. The van der Waals surface area contributed by atoms with Crippen LogP contribution in [0.15, 0.2) is 24.3 Å². The molecule has 0 aromatic heterocycles. The third kappa shape index (κ3) is 4.94. The zero-order valence-electron chi connectivity index (χ0n) is 15.8. The van der Waals surface area contributed by atoms with Gasteiger partial charge in [-0.05, 0) is 52.0 Å². The number of likely N-dealkylation sites (N-methyl/N-ethyl adjacent to an activating group) is 1. The van der Waals surface area contributed by atoms with Crippen molar-refractivity contribution in [3.63, 3.8) is 0 Å². The minimum Gasteiger partial charge on any atom is -0.491 e. The van der Waals surface area contributed by atoms with E-state index in [1.807, 2.05) is 13.8 Å². The maximum absolute atomic E-state index is 12.7. The second-order valence-electron chi connectivity index (χ2n) is 6.87. The third-order valence-electron chi connectivity index (χ3n) is 4.18. The van der Waals surface area contributed by atoms with Crippen LogP contribution in [-0.2, 0) is 14.8 Å². The molecule has 1 amide bonds. The van der Waals surface area contributed by atoms with Gasteiger partial charge in [0.1, 0.15) is 11.0 Å². The monoisotopic (exact) mass is 384 g/mol. The van der Waals surface area contributed by atoms with Crippen molar-refractivity contribution < 1.29 is 17.9 Å². The number of anilines is 1. The smallest absolute Gasteiger partial charge is 0.239 e. The molecule has 0 aliphatic carbocycles. The highest BCUT2D eigenvalue weighted by atomic mass is 32.2. The van der Waals surface area contributed by atoms with Crippen molar-refractivity contribution >= 4 is 21.6 Å². The molecule has 1 saturated heterocycles. The highest BCUT2D eigenvalue weighted by Gasteiger charge is 2.42. The van der Waals surface area contributed by atoms with E-state index < -0.39 is 21.2 Å². The normalized spacial score (nSPS) is 23.4. The summed E-state index contributed by atoms with van der Waals surface area (Å²) < 4.78 is 32.1. The summed E-state index contributed by atoms with van der Waals surface area (Å²) in [4.78, 5) is 12.2. The van der Waals surface area contributed by atoms with Crippen LogP contribution < -0.4 is 20.9 Å². The van der Waals surface area contributed by atoms with Crippen molar-refractivity contribution in [1.82, 2.24) is 15.2 Å². The van der Waals surface area contributed by atoms with Crippen LogP contribution in [0.1, 0.15) is 27.7 Å². The van der Waals surface area contributed by atoms with Gasteiger partial charge in [-0.1, -0.05) is 0 Å². The van der Waals surface area contributed by atoms with Crippen molar-refractivity contribution in [2.75, 3.05) is 18.9 Å². The first-order valence-electron chi connectivity index (χ1n) is 8.64. The Labute approximate surface area is 155 Å². The first-order chi connectivity index (χ1) is 12.1. The Hall–Kier alpha value is -1.68. The minimum atomic E-state index is -3.62. The van der Waals surface area contributed by atoms with Gasteiger partial charge in [-0.2, -0.15) is 4.31 Å². The van der Waals surface area contributed by atoms with Crippen LogP contribution in [0.3, 0.4) is 0 Å². The van der Waals surface area contributed by atoms with E-state index in [1.54, 1.807) is 38.1 Å². The van der Waals surface area contributed by atoms with Crippen LogP contribution in [0.25, 0.3) is 0 Å². The number of hydrazine groups is 1. The molecule has 3 N–H and O–H groups in total. The number of amides is 1. The lowest BCUT2D eigenvalue weighted by Gasteiger charge is -2.25. The number of sulfonamides is 1. The topological polar surface area (TPSA) is 99.8 Å². The summed E-state index contributed by atoms with van der Waals surface area (Å²) in [7, 11) is -2.19. The molecule has 26 heavy (non-hydrogen) atoms. The number of ether oxygens (including phenoxy) is 1.